The van der Waals surface area contributed by atoms with E-state index in [1.165, 1.54) is 0 Å². The first-order valence-corrected chi connectivity index (χ1v) is 15.6. The van der Waals surface area contributed by atoms with Crippen LogP contribution in [0.25, 0.3) is 0 Å². The smallest absolute Gasteiger partial charge is 0.404 e. The van der Waals surface area contributed by atoms with Gasteiger partial charge in [-0.2, -0.15) is 0 Å². The third kappa shape index (κ3) is 7.76. The number of aliphatic carboxylic acids is 1. The Kier molecular flexibility index (Phi) is 11.9. The number of phenolic OH excluding ortho intramolecular Hbond substituents is 1. The number of carboxylic acids is 1. The number of allylic oxidation sites excluding steroid dienone is 3. The van der Waals surface area contributed by atoms with Crippen LogP contribution in [0.2, 0.25) is 0 Å². The number of carbonyl (C=O) groups is 2. The summed E-state index contributed by atoms with van der Waals surface area (Å²) in [6.45, 7) is 15.0. The zero-order valence-corrected chi connectivity index (χ0v) is 25.1. The van der Waals surface area contributed by atoms with E-state index in [4.69, 9.17) is 15.0 Å². The Labute approximate surface area is 233 Å². The molecule has 39 heavy (non-hydrogen) atoms. The third-order valence-corrected chi connectivity index (χ3v) is 10.3. The van der Waals surface area contributed by atoms with E-state index >= 15 is 0 Å². The Bertz CT molecular complexity index is 1130. The largest absolute Gasteiger partial charge is 0.507 e. The highest BCUT2D eigenvalue weighted by molar-refractivity contribution is 7.76. The van der Waals surface area contributed by atoms with E-state index < -0.39 is 36.7 Å². The average molecular weight is 564 g/mol. The summed E-state index contributed by atoms with van der Waals surface area (Å²) in [7, 11) is -4.55. The molecule has 0 fully saturated rings. The van der Waals surface area contributed by atoms with Gasteiger partial charge in [-0.1, -0.05) is 57.4 Å². The minimum atomic E-state index is -4.55. The molecule has 0 amide bonds. The number of hydrogen-bond donors (Lipinski definition) is 3. The number of nitrogens with two attached hydrogens (primary N) is 1. The summed E-state index contributed by atoms with van der Waals surface area (Å²) >= 11 is 0. The fourth-order valence-electron chi connectivity index (χ4n) is 5.45. The number of aromatic hydroxyl groups is 1. The molecule has 9 heteroatoms. The van der Waals surface area contributed by atoms with Crippen LogP contribution < -0.4 is 10.3 Å². The van der Waals surface area contributed by atoms with Gasteiger partial charge in [-0.25, -0.2) is 4.79 Å². The average Bonchev–Trinajstić information content (AvgIpc) is 2.83. The second-order valence-electron chi connectivity index (χ2n) is 11.0. The normalized spacial score (nSPS) is 20.5. The van der Waals surface area contributed by atoms with Gasteiger partial charge in [0.1, 0.15) is 17.5 Å². The van der Waals surface area contributed by atoms with Gasteiger partial charge in [0, 0.05) is 11.5 Å². The molecule has 0 saturated heterocycles. The van der Waals surface area contributed by atoms with Gasteiger partial charge < -0.3 is 25.2 Å². The molecule has 0 spiro atoms. The topological polar surface area (TPSA) is 136 Å². The summed E-state index contributed by atoms with van der Waals surface area (Å²) in [4.78, 5) is 25.2. The van der Waals surface area contributed by atoms with Crippen molar-refractivity contribution in [3.05, 3.63) is 47.1 Å². The highest BCUT2D eigenvalue weighted by Crippen LogP contribution is 2.59. The van der Waals surface area contributed by atoms with Crippen molar-refractivity contribution in [1.82, 2.24) is 0 Å². The van der Waals surface area contributed by atoms with Gasteiger partial charge in [0.2, 0.25) is 0 Å². The lowest BCUT2D eigenvalue weighted by Crippen LogP contribution is -2.46. The molecule has 0 aromatic heterocycles. The first-order valence-electron chi connectivity index (χ1n) is 13.9. The Balaban J connectivity index is 2.83. The first-order chi connectivity index (χ1) is 18.3. The summed E-state index contributed by atoms with van der Waals surface area (Å²) in [5.74, 6) is -2.28. The van der Waals surface area contributed by atoms with Gasteiger partial charge in [-0.15, -0.1) is 0 Å². The SMILES string of the molecule is C=C(C)[C@@H]1CCC(C)=C[C@H]1c1c(O)cc(CCCCC)cc1OP(=O)(C(=O)OCC)C(C(C)C)[C@H](N)C(=O)O. The van der Waals surface area contributed by atoms with Crippen LogP contribution in [0.3, 0.4) is 0 Å². The fourth-order valence-corrected chi connectivity index (χ4v) is 7.98. The van der Waals surface area contributed by atoms with Crippen LogP contribution in [-0.4, -0.2) is 40.2 Å². The quantitative estimate of drug-likeness (QED) is 0.121. The molecule has 0 heterocycles. The summed E-state index contributed by atoms with van der Waals surface area (Å²) in [5, 5.41) is 21.1. The predicted molar refractivity (Wildman–Crippen MR) is 155 cm³/mol. The fraction of sp³-hybridized carbons (Fsp3) is 0.600. The number of carbonyl (C=O) groups excluding carboxylic acids is 1. The first kappa shape index (κ1) is 32.6. The summed E-state index contributed by atoms with van der Waals surface area (Å²) in [6, 6.07) is 1.78. The Morgan fingerprint density at radius 2 is 1.90 bits per heavy atom. The minimum Gasteiger partial charge on any atom is -0.507 e. The summed E-state index contributed by atoms with van der Waals surface area (Å²) in [5.41, 5.74) is 6.76. The maximum absolute atomic E-state index is 14.6. The lowest BCUT2D eigenvalue weighted by Gasteiger charge is -2.35. The molecule has 218 valence electrons. The summed E-state index contributed by atoms with van der Waals surface area (Å²) in [6.07, 6.45) is 7.27. The number of ether oxygens (including phenoxy) is 1. The van der Waals surface area contributed by atoms with Crippen molar-refractivity contribution in [2.45, 2.75) is 97.7 Å². The lowest BCUT2D eigenvalue weighted by atomic mass is 9.73. The monoisotopic (exact) mass is 563 g/mol. The van der Waals surface area contributed by atoms with Gasteiger partial charge >= 0.3 is 19.0 Å². The van der Waals surface area contributed by atoms with Gasteiger partial charge in [0.25, 0.3) is 0 Å². The van der Waals surface area contributed by atoms with Gasteiger partial charge in [0.15, 0.2) is 0 Å². The number of aryl methyl sites for hydroxylation is 1. The molecule has 2 rings (SSSR count). The number of rotatable bonds is 14. The molecule has 8 nitrogen and oxygen atoms in total. The van der Waals surface area contributed by atoms with Crippen LogP contribution >= 0.6 is 7.37 Å². The lowest BCUT2D eigenvalue weighted by molar-refractivity contribution is -0.138. The second kappa shape index (κ2) is 14.2. The number of phenols is 1. The van der Waals surface area contributed by atoms with Crippen LogP contribution in [0.5, 0.6) is 11.5 Å². The molecular weight excluding hydrogens is 517 g/mol. The van der Waals surface area contributed by atoms with Crippen molar-refractivity contribution in [2.75, 3.05) is 6.61 Å². The van der Waals surface area contributed by atoms with E-state index in [9.17, 15) is 24.4 Å². The molecule has 0 aliphatic heterocycles. The summed E-state index contributed by atoms with van der Waals surface area (Å²) < 4.78 is 26.0. The van der Waals surface area contributed by atoms with E-state index in [1.54, 1.807) is 32.9 Å². The second-order valence-corrected chi connectivity index (χ2v) is 13.3. The molecule has 1 aromatic carbocycles. The zero-order chi connectivity index (χ0) is 29.5. The van der Waals surface area contributed by atoms with Crippen molar-refractivity contribution in [3.63, 3.8) is 0 Å². The number of hydrogen-bond acceptors (Lipinski definition) is 7. The zero-order valence-electron chi connectivity index (χ0n) is 24.2. The van der Waals surface area contributed by atoms with E-state index in [1.807, 2.05) is 13.8 Å². The van der Waals surface area contributed by atoms with Gasteiger partial charge in [-0.3, -0.25) is 9.36 Å². The van der Waals surface area contributed by atoms with Gasteiger partial charge in [0.05, 0.1) is 12.3 Å². The molecule has 0 radical (unpaired) electrons. The Morgan fingerprint density at radius 3 is 2.44 bits per heavy atom. The van der Waals surface area contributed by atoms with Crippen molar-refractivity contribution in [1.29, 1.82) is 0 Å². The number of benzene rings is 1. The molecule has 1 aliphatic rings. The molecule has 5 atom stereocenters. The minimum absolute atomic E-state index is 0.0166. The van der Waals surface area contributed by atoms with E-state index in [2.05, 4.69) is 19.6 Å². The molecule has 1 aliphatic carbocycles. The van der Waals surface area contributed by atoms with E-state index in [-0.39, 0.29) is 29.9 Å². The Morgan fingerprint density at radius 1 is 1.23 bits per heavy atom. The third-order valence-electron chi connectivity index (χ3n) is 7.45. The molecular formula is C30H46NO7P. The van der Waals surface area contributed by atoms with Crippen molar-refractivity contribution < 1.29 is 33.6 Å². The van der Waals surface area contributed by atoms with Crippen LogP contribution in [0.15, 0.2) is 35.9 Å². The molecule has 0 saturated carbocycles. The molecule has 1 aromatic rings. The number of carboxylic acid groups (broad SMARTS) is 1. The highest BCUT2D eigenvalue weighted by atomic mass is 31.2. The van der Waals surface area contributed by atoms with Crippen LogP contribution in [0.4, 0.5) is 4.79 Å². The van der Waals surface area contributed by atoms with E-state index in [0.717, 1.165) is 48.8 Å². The van der Waals surface area contributed by atoms with E-state index in [0.29, 0.717) is 12.0 Å². The van der Waals surface area contributed by atoms with Crippen molar-refractivity contribution in [2.24, 2.45) is 17.6 Å². The van der Waals surface area contributed by atoms with Crippen LogP contribution in [0, 0.1) is 11.8 Å². The molecule has 0 bridgehead atoms. The molecule has 2 unspecified atom stereocenters. The van der Waals surface area contributed by atoms with Crippen molar-refractivity contribution >= 4 is 19.0 Å². The number of unbranched alkanes of at least 4 members (excludes halogenated alkanes) is 2. The van der Waals surface area contributed by atoms with Crippen LogP contribution in [0.1, 0.15) is 90.7 Å². The maximum Gasteiger partial charge on any atom is 0.404 e. The van der Waals surface area contributed by atoms with Crippen LogP contribution in [-0.2, 0) is 20.5 Å². The van der Waals surface area contributed by atoms with Crippen molar-refractivity contribution in [3.8, 4) is 11.5 Å². The Hall–Kier alpha value is -2.57. The maximum atomic E-state index is 14.6. The predicted octanol–water partition coefficient (Wildman–Crippen LogP) is 7.39. The highest BCUT2D eigenvalue weighted by Gasteiger charge is 2.52. The van der Waals surface area contributed by atoms with Gasteiger partial charge in [-0.05, 0) is 76.0 Å². The molecule has 4 N–H and O–H groups in total. The standard InChI is InChI=1S/C30H46NO7P/c1-8-10-11-12-21-16-24(32)26(23-15-20(7)13-14-22(23)18(3)4)25(17-21)38-39(36,30(35)37-9-2)28(19(5)6)27(31)29(33)34/h15-17,19,22-23,27-28,32H,3,8-14,31H2,1-2,4-7H3,(H,33,34)/t22-,23+,27-,28?,39?/m0/s1.